The number of hydrogen-bond donors (Lipinski definition) is 3. The van der Waals surface area contributed by atoms with Crippen molar-refractivity contribution in [1.29, 1.82) is 0 Å². The van der Waals surface area contributed by atoms with Crippen LogP contribution in [0.2, 0.25) is 0 Å². The van der Waals surface area contributed by atoms with Crippen LogP contribution in [0.3, 0.4) is 0 Å². The molecule has 1 aromatic carbocycles. The van der Waals surface area contributed by atoms with Gasteiger partial charge in [0.15, 0.2) is 0 Å². The Morgan fingerprint density at radius 2 is 1.90 bits per heavy atom. The van der Waals surface area contributed by atoms with Crippen molar-refractivity contribution in [2.24, 2.45) is 11.1 Å². The SMILES string of the molecule is CCCC1CCC(Nc2cc(S(N)(=O)=O)ccc2N)CC1. The fourth-order valence-corrected chi connectivity index (χ4v) is 3.60. The Labute approximate surface area is 127 Å². The van der Waals surface area contributed by atoms with Gasteiger partial charge in [-0.3, -0.25) is 0 Å². The molecule has 1 aliphatic rings. The summed E-state index contributed by atoms with van der Waals surface area (Å²) in [5.41, 5.74) is 7.15. The molecule has 0 unspecified atom stereocenters. The van der Waals surface area contributed by atoms with E-state index in [0.717, 1.165) is 18.8 Å². The molecule has 6 heteroatoms. The minimum absolute atomic E-state index is 0.0962. The zero-order valence-electron chi connectivity index (χ0n) is 12.5. The maximum Gasteiger partial charge on any atom is 0.238 e. The van der Waals surface area contributed by atoms with Crippen molar-refractivity contribution in [2.45, 2.75) is 56.4 Å². The number of nitrogen functional groups attached to an aromatic ring is 1. The summed E-state index contributed by atoms with van der Waals surface area (Å²) < 4.78 is 22.8. The van der Waals surface area contributed by atoms with Gasteiger partial charge in [0.1, 0.15) is 0 Å². The molecule has 0 aromatic heterocycles. The maximum atomic E-state index is 11.4. The normalized spacial score (nSPS) is 23.0. The van der Waals surface area contributed by atoms with Crippen LogP contribution in [0, 0.1) is 5.92 Å². The van der Waals surface area contributed by atoms with E-state index in [1.165, 1.54) is 37.8 Å². The lowest BCUT2D eigenvalue weighted by atomic mass is 9.83. The van der Waals surface area contributed by atoms with Crippen molar-refractivity contribution < 1.29 is 8.42 Å². The third-order valence-electron chi connectivity index (χ3n) is 4.26. The van der Waals surface area contributed by atoms with Crippen molar-refractivity contribution in [3.63, 3.8) is 0 Å². The molecule has 1 aliphatic carbocycles. The maximum absolute atomic E-state index is 11.4. The number of hydrogen-bond acceptors (Lipinski definition) is 4. The van der Waals surface area contributed by atoms with Crippen LogP contribution in [0.4, 0.5) is 11.4 Å². The van der Waals surface area contributed by atoms with E-state index in [2.05, 4.69) is 12.2 Å². The number of benzene rings is 1. The molecule has 0 atom stereocenters. The fraction of sp³-hybridized carbons (Fsp3) is 0.600. The van der Waals surface area contributed by atoms with Crippen molar-refractivity contribution in [3.8, 4) is 0 Å². The summed E-state index contributed by atoms with van der Waals surface area (Å²) >= 11 is 0. The average Bonchev–Trinajstić information content (AvgIpc) is 2.42. The Bertz CT molecular complexity index is 579. The van der Waals surface area contributed by atoms with Gasteiger partial charge in [0, 0.05) is 6.04 Å². The predicted molar refractivity (Wildman–Crippen MR) is 86.5 cm³/mol. The van der Waals surface area contributed by atoms with E-state index >= 15 is 0 Å². The van der Waals surface area contributed by atoms with E-state index in [9.17, 15) is 8.42 Å². The highest BCUT2D eigenvalue weighted by atomic mass is 32.2. The second kappa shape index (κ2) is 6.66. The summed E-state index contributed by atoms with van der Waals surface area (Å²) in [6.07, 6.45) is 7.19. The van der Waals surface area contributed by atoms with E-state index in [0.29, 0.717) is 17.4 Å². The summed E-state index contributed by atoms with van der Waals surface area (Å²) in [4.78, 5) is 0.0962. The largest absolute Gasteiger partial charge is 0.397 e. The molecule has 21 heavy (non-hydrogen) atoms. The zero-order chi connectivity index (χ0) is 15.5. The van der Waals surface area contributed by atoms with E-state index < -0.39 is 10.0 Å². The van der Waals surface area contributed by atoms with Crippen molar-refractivity contribution in [3.05, 3.63) is 18.2 Å². The Kier molecular flexibility index (Phi) is 5.11. The molecule has 1 fully saturated rings. The highest BCUT2D eigenvalue weighted by Crippen LogP contribution is 2.31. The van der Waals surface area contributed by atoms with Crippen LogP contribution >= 0.6 is 0 Å². The molecular formula is C15H25N3O2S. The van der Waals surface area contributed by atoms with E-state index in [1.807, 2.05) is 0 Å². The number of anilines is 2. The van der Waals surface area contributed by atoms with Crippen molar-refractivity contribution >= 4 is 21.4 Å². The minimum atomic E-state index is -3.69. The summed E-state index contributed by atoms with van der Waals surface area (Å²) in [5, 5.41) is 8.54. The van der Waals surface area contributed by atoms with Gasteiger partial charge in [-0.15, -0.1) is 0 Å². The lowest BCUT2D eigenvalue weighted by molar-refractivity contribution is 0.319. The quantitative estimate of drug-likeness (QED) is 0.728. The first-order chi connectivity index (χ1) is 9.90. The smallest absolute Gasteiger partial charge is 0.238 e. The highest BCUT2D eigenvalue weighted by Gasteiger charge is 2.21. The van der Waals surface area contributed by atoms with Gasteiger partial charge < -0.3 is 11.1 Å². The molecule has 2 rings (SSSR count). The average molecular weight is 311 g/mol. The first kappa shape index (κ1) is 16.1. The predicted octanol–water partition coefficient (Wildman–Crippen LogP) is 2.69. The van der Waals surface area contributed by atoms with Crippen LogP contribution in [-0.4, -0.2) is 14.5 Å². The molecule has 118 valence electrons. The van der Waals surface area contributed by atoms with Gasteiger partial charge in [-0.25, -0.2) is 13.6 Å². The topological polar surface area (TPSA) is 98.2 Å². The minimum Gasteiger partial charge on any atom is -0.397 e. The van der Waals surface area contributed by atoms with Crippen molar-refractivity contribution in [1.82, 2.24) is 0 Å². The molecule has 5 N–H and O–H groups in total. The van der Waals surface area contributed by atoms with Gasteiger partial charge in [-0.1, -0.05) is 19.8 Å². The van der Waals surface area contributed by atoms with Crippen LogP contribution < -0.4 is 16.2 Å². The molecule has 0 spiro atoms. The van der Waals surface area contributed by atoms with Gasteiger partial charge in [0.05, 0.1) is 16.3 Å². The third-order valence-corrected chi connectivity index (χ3v) is 5.17. The number of nitrogens with one attached hydrogen (secondary N) is 1. The van der Waals surface area contributed by atoms with Gasteiger partial charge >= 0.3 is 0 Å². The second-order valence-corrected chi connectivity index (χ2v) is 7.51. The Hall–Kier alpha value is -1.27. The second-order valence-electron chi connectivity index (χ2n) is 5.94. The molecule has 0 aliphatic heterocycles. The molecule has 0 radical (unpaired) electrons. The Morgan fingerprint density at radius 1 is 1.24 bits per heavy atom. The monoisotopic (exact) mass is 311 g/mol. The zero-order valence-corrected chi connectivity index (χ0v) is 13.3. The molecular weight excluding hydrogens is 286 g/mol. The van der Waals surface area contributed by atoms with Gasteiger partial charge in [-0.05, 0) is 49.8 Å². The number of primary sulfonamides is 1. The van der Waals surface area contributed by atoms with Crippen LogP contribution in [0.15, 0.2) is 23.1 Å². The highest BCUT2D eigenvalue weighted by molar-refractivity contribution is 7.89. The molecule has 1 saturated carbocycles. The number of rotatable bonds is 5. The van der Waals surface area contributed by atoms with Crippen molar-refractivity contribution in [2.75, 3.05) is 11.1 Å². The van der Waals surface area contributed by atoms with Crippen LogP contribution in [0.1, 0.15) is 45.4 Å². The molecule has 1 aromatic rings. The molecule has 0 amide bonds. The van der Waals surface area contributed by atoms with E-state index in [-0.39, 0.29) is 4.90 Å². The third kappa shape index (κ3) is 4.35. The van der Waals surface area contributed by atoms with E-state index in [1.54, 1.807) is 6.07 Å². The van der Waals surface area contributed by atoms with Gasteiger partial charge in [0.25, 0.3) is 0 Å². The standard InChI is InChI=1S/C15H25N3O2S/c1-2-3-11-4-6-12(7-5-11)18-15-10-13(21(17,19)20)8-9-14(15)16/h8-12,18H,2-7,16H2,1H3,(H2,17,19,20). The first-order valence-electron chi connectivity index (χ1n) is 7.59. The first-order valence-corrected chi connectivity index (χ1v) is 9.13. The van der Waals surface area contributed by atoms with Gasteiger partial charge in [-0.2, -0.15) is 0 Å². The van der Waals surface area contributed by atoms with Gasteiger partial charge in [0.2, 0.25) is 10.0 Å². The number of nitrogens with two attached hydrogens (primary N) is 2. The molecule has 0 bridgehead atoms. The Morgan fingerprint density at radius 3 is 2.48 bits per heavy atom. The summed E-state index contributed by atoms with van der Waals surface area (Å²) in [6.45, 7) is 2.23. The molecule has 5 nitrogen and oxygen atoms in total. The summed E-state index contributed by atoms with van der Waals surface area (Å²) in [7, 11) is -3.69. The summed E-state index contributed by atoms with van der Waals surface area (Å²) in [6, 6.07) is 4.91. The lowest BCUT2D eigenvalue weighted by Crippen LogP contribution is -2.26. The van der Waals surface area contributed by atoms with Crippen LogP contribution in [-0.2, 0) is 10.0 Å². The molecule has 0 saturated heterocycles. The number of sulfonamides is 1. The Balaban J connectivity index is 2.03. The molecule has 0 heterocycles. The fourth-order valence-electron chi connectivity index (χ4n) is 3.06. The van der Waals surface area contributed by atoms with Crippen LogP contribution in [0.5, 0.6) is 0 Å². The van der Waals surface area contributed by atoms with E-state index in [4.69, 9.17) is 10.9 Å². The lowest BCUT2D eigenvalue weighted by Gasteiger charge is -2.30. The van der Waals surface area contributed by atoms with Crippen LogP contribution in [0.25, 0.3) is 0 Å². The summed E-state index contributed by atoms with van der Waals surface area (Å²) in [5.74, 6) is 0.834.